The molecule has 0 bridgehead atoms. The van der Waals surface area contributed by atoms with Gasteiger partial charge in [-0.05, 0) is 58.6 Å². The van der Waals surface area contributed by atoms with Crippen molar-refractivity contribution in [2.24, 2.45) is 5.10 Å². The molecule has 0 fully saturated rings. The normalized spacial score (nSPS) is 11.1. The van der Waals surface area contributed by atoms with Gasteiger partial charge in [0.15, 0.2) is 0 Å². The molecule has 1 aromatic heterocycles. The molecule has 7 heteroatoms. The van der Waals surface area contributed by atoms with Crippen LogP contribution in [-0.4, -0.2) is 33.1 Å². The Kier molecular flexibility index (Phi) is 4.74. The average Bonchev–Trinajstić information content (AvgIpc) is 3.15. The number of tetrazole rings is 1. The van der Waals surface area contributed by atoms with Crippen LogP contribution in [0, 0.1) is 0 Å². The second-order valence-corrected chi connectivity index (χ2v) is 5.79. The Bertz CT molecular complexity index is 1070. The van der Waals surface area contributed by atoms with Crippen LogP contribution >= 0.6 is 0 Å². The smallest absolute Gasteiger partial charge is 0.269 e. The molecule has 4 aromatic rings. The van der Waals surface area contributed by atoms with Crippen molar-refractivity contribution in [1.82, 2.24) is 20.3 Å². The van der Waals surface area contributed by atoms with Gasteiger partial charge in [-0.15, -0.1) is 0 Å². The Labute approximate surface area is 156 Å². The Hall–Kier alpha value is -3.74. The molecule has 0 amide bonds. The van der Waals surface area contributed by atoms with Gasteiger partial charge >= 0.3 is 0 Å². The summed E-state index contributed by atoms with van der Waals surface area (Å²) >= 11 is 0. The molecule has 0 atom stereocenters. The molecule has 4 rings (SSSR count). The third kappa shape index (κ3) is 3.77. The van der Waals surface area contributed by atoms with Crippen molar-refractivity contribution in [2.45, 2.75) is 6.92 Å². The largest absolute Gasteiger partial charge is 0.494 e. The van der Waals surface area contributed by atoms with Gasteiger partial charge in [0.05, 0.1) is 12.8 Å². The van der Waals surface area contributed by atoms with Crippen molar-refractivity contribution in [3.05, 3.63) is 72.3 Å². The van der Waals surface area contributed by atoms with Gasteiger partial charge in [0.25, 0.3) is 5.95 Å². The van der Waals surface area contributed by atoms with E-state index in [1.54, 1.807) is 6.21 Å². The van der Waals surface area contributed by atoms with Crippen LogP contribution < -0.4 is 10.1 Å². The summed E-state index contributed by atoms with van der Waals surface area (Å²) in [5, 5.41) is 21.5. The number of nitrogens with zero attached hydrogens (tertiary/aromatic N) is 5. The molecule has 0 radical (unpaired) electrons. The average molecular weight is 358 g/mol. The van der Waals surface area contributed by atoms with Gasteiger partial charge in [-0.3, -0.25) is 0 Å². The van der Waals surface area contributed by atoms with Crippen LogP contribution in [0.4, 0.5) is 11.6 Å². The molecule has 0 aliphatic rings. The summed E-state index contributed by atoms with van der Waals surface area (Å²) in [6.07, 6.45) is 1.69. The highest BCUT2D eigenvalue weighted by Gasteiger charge is 2.07. The summed E-state index contributed by atoms with van der Waals surface area (Å²) in [4.78, 5) is 1.36. The van der Waals surface area contributed by atoms with E-state index in [0.29, 0.717) is 12.6 Å². The molecule has 0 aliphatic carbocycles. The number of fused-ring (bicyclic) bond motifs is 1. The second-order valence-electron chi connectivity index (χ2n) is 5.79. The molecule has 7 nitrogen and oxygen atoms in total. The molecule has 0 unspecified atom stereocenters. The lowest BCUT2D eigenvalue weighted by Crippen LogP contribution is -2.01. The fourth-order valence-electron chi connectivity index (χ4n) is 2.73. The summed E-state index contributed by atoms with van der Waals surface area (Å²) in [6, 6.07) is 21.8. The highest BCUT2D eigenvalue weighted by atomic mass is 16.5. The number of nitrogens with one attached hydrogen (secondary N) is 1. The summed E-state index contributed by atoms with van der Waals surface area (Å²) in [7, 11) is 0. The Morgan fingerprint density at radius 3 is 2.70 bits per heavy atom. The van der Waals surface area contributed by atoms with E-state index >= 15 is 0 Å². The zero-order chi connectivity index (χ0) is 18.5. The minimum atomic E-state index is 0.438. The van der Waals surface area contributed by atoms with E-state index in [0.717, 1.165) is 27.8 Å². The molecule has 0 aliphatic heterocycles. The fraction of sp³-hybridized carbons (Fsp3) is 0.100. The van der Waals surface area contributed by atoms with Crippen LogP contribution in [0.5, 0.6) is 5.75 Å². The van der Waals surface area contributed by atoms with Crippen molar-refractivity contribution in [3.8, 4) is 5.75 Å². The highest BCUT2D eigenvalue weighted by Crippen LogP contribution is 2.25. The van der Waals surface area contributed by atoms with E-state index in [1.807, 2.05) is 55.5 Å². The molecular weight excluding hydrogens is 340 g/mol. The van der Waals surface area contributed by atoms with Gasteiger partial charge in [0.1, 0.15) is 5.75 Å². The van der Waals surface area contributed by atoms with Crippen molar-refractivity contribution < 1.29 is 4.74 Å². The Morgan fingerprint density at radius 2 is 1.85 bits per heavy atom. The molecule has 0 spiro atoms. The molecule has 0 saturated heterocycles. The molecule has 1 N–H and O–H groups in total. The predicted octanol–water partition coefficient (Wildman–Crippen LogP) is 3.85. The van der Waals surface area contributed by atoms with Gasteiger partial charge in [-0.25, -0.2) is 0 Å². The standard InChI is InChI=1S/C20H18N6O/c1-2-27-17-12-10-15(11-13-17)14-21-26-20(23-24-25-26)22-19-9-5-7-16-6-3-4-8-18(16)19/h3-14H,2H2,1H3,(H,22,23,25). The number of rotatable bonds is 6. The second kappa shape index (κ2) is 7.65. The maximum atomic E-state index is 5.44. The zero-order valence-electron chi connectivity index (χ0n) is 14.8. The maximum absolute atomic E-state index is 5.44. The SMILES string of the molecule is CCOc1ccc(C=Nn2nnnc2Nc2cccc3ccccc23)cc1. The number of anilines is 2. The number of hydrogen-bond acceptors (Lipinski definition) is 6. The summed E-state index contributed by atoms with van der Waals surface area (Å²) in [5.74, 6) is 1.27. The summed E-state index contributed by atoms with van der Waals surface area (Å²) < 4.78 is 5.44. The molecule has 27 heavy (non-hydrogen) atoms. The number of aromatic nitrogens is 4. The van der Waals surface area contributed by atoms with Crippen LogP contribution in [0.1, 0.15) is 12.5 Å². The van der Waals surface area contributed by atoms with Crippen molar-refractivity contribution in [2.75, 3.05) is 11.9 Å². The van der Waals surface area contributed by atoms with E-state index in [9.17, 15) is 0 Å². The fourth-order valence-corrected chi connectivity index (χ4v) is 2.73. The van der Waals surface area contributed by atoms with Crippen molar-refractivity contribution >= 4 is 28.6 Å². The highest BCUT2D eigenvalue weighted by molar-refractivity contribution is 5.94. The Morgan fingerprint density at radius 1 is 1.04 bits per heavy atom. The van der Waals surface area contributed by atoms with Gasteiger partial charge in [-0.2, -0.15) is 5.10 Å². The van der Waals surface area contributed by atoms with Crippen LogP contribution in [0.15, 0.2) is 71.8 Å². The first kappa shape index (κ1) is 16.7. The lowest BCUT2D eigenvalue weighted by molar-refractivity contribution is 0.340. The lowest BCUT2D eigenvalue weighted by atomic mass is 10.1. The topological polar surface area (TPSA) is 77.2 Å². The first-order valence-electron chi connectivity index (χ1n) is 8.64. The molecule has 1 heterocycles. The summed E-state index contributed by atoms with van der Waals surface area (Å²) in [6.45, 7) is 2.60. The van der Waals surface area contributed by atoms with Crippen molar-refractivity contribution in [1.29, 1.82) is 0 Å². The van der Waals surface area contributed by atoms with E-state index in [2.05, 4.69) is 44.1 Å². The third-order valence-electron chi connectivity index (χ3n) is 4.00. The zero-order valence-corrected chi connectivity index (χ0v) is 14.8. The third-order valence-corrected chi connectivity index (χ3v) is 4.00. The van der Waals surface area contributed by atoms with Crippen molar-refractivity contribution in [3.63, 3.8) is 0 Å². The quantitative estimate of drug-likeness (QED) is 0.530. The monoisotopic (exact) mass is 358 g/mol. The van der Waals surface area contributed by atoms with Crippen LogP contribution in [0.3, 0.4) is 0 Å². The van der Waals surface area contributed by atoms with Gasteiger partial charge in [0, 0.05) is 11.1 Å². The number of hydrogen-bond donors (Lipinski definition) is 1. The first-order valence-corrected chi connectivity index (χ1v) is 8.64. The lowest BCUT2D eigenvalue weighted by Gasteiger charge is -2.07. The van der Waals surface area contributed by atoms with Gasteiger partial charge < -0.3 is 10.1 Å². The van der Waals surface area contributed by atoms with Gasteiger partial charge in [0.2, 0.25) is 0 Å². The van der Waals surface area contributed by atoms with Crippen LogP contribution in [0.25, 0.3) is 10.8 Å². The molecular formula is C20H18N6O. The minimum absolute atomic E-state index is 0.438. The van der Waals surface area contributed by atoms with Crippen LogP contribution in [0.2, 0.25) is 0 Å². The number of ether oxygens (including phenoxy) is 1. The summed E-state index contributed by atoms with van der Waals surface area (Å²) in [5.41, 5.74) is 1.84. The minimum Gasteiger partial charge on any atom is -0.494 e. The van der Waals surface area contributed by atoms with E-state index in [1.165, 1.54) is 4.79 Å². The van der Waals surface area contributed by atoms with Crippen LogP contribution in [-0.2, 0) is 0 Å². The van der Waals surface area contributed by atoms with Gasteiger partial charge in [-0.1, -0.05) is 46.3 Å². The molecule has 3 aromatic carbocycles. The van der Waals surface area contributed by atoms with E-state index in [4.69, 9.17) is 4.74 Å². The predicted molar refractivity (Wildman–Crippen MR) is 106 cm³/mol. The number of benzene rings is 3. The molecule has 0 saturated carbocycles. The Balaban J connectivity index is 1.56. The first-order chi connectivity index (χ1) is 13.3. The molecule has 134 valence electrons. The van der Waals surface area contributed by atoms with E-state index in [-0.39, 0.29) is 0 Å². The van der Waals surface area contributed by atoms with E-state index < -0.39 is 0 Å². The maximum Gasteiger partial charge on any atom is 0.269 e.